The second-order valence-corrected chi connectivity index (χ2v) is 10.6. The summed E-state index contributed by atoms with van der Waals surface area (Å²) in [6, 6.07) is 5.90. The van der Waals surface area contributed by atoms with Crippen LogP contribution in [0.2, 0.25) is 10.2 Å². The molecule has 9 heteroatoms. The highest BCUT2D eigenvalue weighted by Gasteiger charge is 2.32. The highest BCUT2D eigenvalue weighted by atomic mass is 35.5. The number of hydrogen-bond donors (Lipinski definition) is 0. The number of carbonyl (C=O) groups excluding carboxylic acids is 2. The molecule has 0 N–H and O–H groups in total. The lowest BCUT2D eigenvalue weighted by Gasteiger charge is -2.28. The van der Waals surface area contributed by atoms with Crippen LogP contribution in [0.4, 0.5) is 10.1 Å². The molecule has 1 aromatic carbocycles. The molecule has 1 saturated carbocycles. The van der Waals surface area contributed by atoms with Crippen molar-refractivity contribution in [1.82, 2.24) is 4.98 Å². The molecule has 0 spiro atoms. The summed E-state index contributed by atoms with van der Waals surface area (Å²) in [5.74, 6) is -1.31. The Kier molecular flexibility index (Phi) is 9.08. The average Bonchev–Trinajstić information content (AvgIpc) is 3.38. The topological polar surface area (TPSA) is 68.7 Å². The fourth-order valence-electron chi connectivity index (χ4n) is 4.78. The molecule has 4 rings (SSSR count). The molecule has 1 heterocycles. The number of esters is 1. The van der Waals surface area contributed by atoms with Crippen molar-refractivity contribution in [3.05, 3.63) is 63.2 Å². The largest absolute Gasteiger partial charge is 0.489 e. The normalized spacial score (nSPS) is 16.3. The molecule has 6 nitrogen and oxygen atoms in total. The Balaban J connectivity index is 1.74. The van der Waals surface area contributed by atoms with Gasteiger partial charge in [-0.25, -0.2) is 14.2 Å². The summed E-state index contributed by atoms with van der Waals surface area (Å²) in [6.07, 6.45) is 7.35. The number of benzene rings is 1. The Morgan fingerprint density at radius 3 is 2.43 bits per heavy atom. The highest BCUT2D eigenvalue weighted by Crippen LogP contribution is 2.36. The zero-order valence-electron chi connectivity index (χ0n) is 21.1. The van der Waals surface area contributed by atoms with Crippen molar-refractivity contribution in [2.75, 3.05) is 4.90 Å². The molecule has 2 aliphatic rings. The van der Waals surface area contributed by atoms with Crippen LogP contribution in [-0.2, 0) is 20.9 Å². The van der Waals surface area contributed by atoms with Crippen molar-refractivity contribution in [3.8, 4) is 5.75 Å². The number of pyridine rings is 1. The van der Waals surface area contributed by atoms with Crippen molar-refractivity contribution < 1.29 is 23.5 Å². The Labute approximate surface area is 226 Å². The van der Waals surface area contributed by atoms with Crippen molar-refractivity contribution in [3.63, 3.8) is 0 Å². The van der Waals surface area contributed by atoms with Gasteiger partial charge in [0.2, 0.25) is 0 Å². The molecule has 0 aliphatic heterocycles. The van der Waals surface area contributed by atoms with Gasteiger partial charge in [-0.3, -0.25) is 4.79 Å². The molecule has 0 unspecified atom stereocenters. The minimum atomic E-state index is -0.678. The van der Waals surface area contributed by atoms with Crippen LogP contribution in [0, 0.1) is 5.82 Å². The second-order valence-electron chi connectivity index (χ2n) is 9.76. The maximum absolute atomic E-state index is 15.4. The molecule has 1 fully saturated rings. The van der Waals surface area contributed by atoms with Crippen LogP contribution in [0.5, 0.6) is 5.75 Å². The van der Waals surface area contributed by atoms with Crippen LogP contribution in [0.1, 0.15) is 70.8 Å². The van der Waals surface area contributed by atoms with Gasteiger partial charge in [0, 0.05) is 23.4 Å². The quantitative estimate of drug-likeness (QED) is 0.257. The van der Waals surface area contributed by atoms with Gasteiger partial charge in [0.1, 0.15) is 22.8 Å². The van der Waals surface area contributed by atoms with Gasteiger partial charge in [0.05, 0.1) is 23.4 Å². The number of aromatic nitrogens is 1. The van der Waals surface area contributed by atoms with E-state index in [4.69, 9.17) is 32.7 Å². The van der Waals surface area contributed by atoms with Gasteiger partial charge in [0.15, 0.2) is 0 Å². The zero-order valence-corrected chi connectivity index (χ0v) is 22.6. The zero-order chi connectivity index (χ0) is 26.5. The second kappa shape index (κ2) is 12.3. The van der Waals surface area contributed by atoms with E-state index < -0.39 is 17.7 Å². The molecule has 1 amide bonds. The maximum Gasteiger partial charge on any atom is 0.334 e. The summed E-state index contributed by atoms with van der Waals surface area (Å²) in [4.78, 5) is 32.6. The number of anilines is 1. The molecule has 0 bridgehead atoms. The summed E-state index contributed by atoms with van der Waals surface area (Å²) in [6.45, 7) is 3.67. The Morgan fingerprint density at radius 1 is 1.08 bits per heavy atom. The third-order valence-electron chi connectivity index (χ3n) is 6.58. The lowest BCUT2D eigenvalue weighted by Crippen LogP contribution is -2.35. The molecule has 37 heavy (non-hydrogen) atoms. The first-order chi connectivity index (χ1) is 17.7. The van der Waals surface area contributed by atoms with Crippen molar-refractivity contribution in [2.45, 2.75) is 84.0 Å². The van der Waals surface area contributed by atoms with Crippen LogP contribution < -0.4 is 9.64 Å². The van der Waals surface area contributed by atoms with E-state index in [0.717, 1.165) is 44.6 Å². The first-order valence-corrected chi connectivity index (χ1v) is 13.5. The predicted octanol–water partition coefficient (Wildman–Crippen LogP) is 7.20. The van der Waals surface area contributed by atoms with Gasteiger partial charge in [0.25, 0.3) is 5.91 Å². The molecule has 0 radical (unpaired) electrons. The van der Waals surface area contributed by atoms with Crippen LogP contribution in [0.15, 0.2) is 41.6 Å². The Hall–Kier alpha value is -2.64. The van der Waals surface area contributed by atoms with E-state index in [-0.39, 0.29) is 35.2 Å². The fraction of sp³-hybridized carbons (Fsp3) is 0.464. The molecular weight excluding hydrogens is 518 g/mol. The molecular formula is C28H31Cl2FN2O4. The number of carbonyl (C=O) groups is 2. The fourth-order valence-corrected chi connectivity index (χ4v) is 5.08. The number of rotatable bonds is 8. The van der Waals surface area contributed by atoms with Gasteiger partial charge in [-0.2, -0.15) is 0 Å². The summed E-state index contributed by atoms with van der Waals surface area (Å²) in [5.41, 5.74) is 1.39. The van der Waals surface area contributed by atoms with E-state index in [9.17, 15) is 9.59 Å². The Bertz CT molecular complexity index is 1180. The third-order valence-corrected chi connectivity index (χ3v) is 7.10. The van der Waals surface area contributed by atoms with E-state index in [0.29, 0.717) is 34.7 Å². The molecule has 0 atom stereocenters. The van der Waals surface area contributed by atoms with Gasteiger partial charge in [-0.15, -0.1) is 0 Å². The predicted molar refractivity (Wildman–Crippen MR) is 141 cm³/mol. The first kappa shape index (κ1) is 27.4. The summed E-state index contributed by atoms with van der Waals surface area (Å²) in [7, 11) is 0. The van der Waals surface area contributed by atoms with Gasteiger partial charge >= 0.3 is 5.97 Å². The lowest BCUT2D eigenvalue weighted by atomic mass is 9.90. The van der Waals surface area contributed by atoms with E-state index in [2.05, 4.69) is 4.98 Å². The standard InChI is InChI=1S/C28H31Cl2FN2O4/c1-17(2)36-25-14-24(23(31)13-22(25)29)33(16-18-11-12-26(30)32-15-18)27(34)20-9-5-6-10-21(20)28(35)37-19-7-3-4-8-19/h11-15,17,19H,3-10,16H2,1-2H3. The smallest absolute Gasteiger partial charge is 0.334 e. The maximum atomic E-state index is 15.4. The molecule has 2 aromatic rings. The van der Waals surface area contributed by atoms with E-state index in [1.54, 1.807) is 12.1 Å². The molecule has 1 aromatic heterocycles. The summed E-state index contributed by atoms with van der Waals surface area (Å²) in [5, 5.41) is 0.409. The van der Waals surface area contributed by atoms with Crippen LogP contribution in [0.3, 0.4) is 0 Å². The molecule has 2 aliphatic carbocycles. The molecule has 0 saturated heterocycles. The SMILES string of the molecule is CC(C)Oc1cc(N(Cc2ccc(Cl)nc2)C(=O)C2=C(C(=O)OC3CCCC3)CCCC2)c(F)cc1Cl. The number of ether oxygens (including phenoxy) is 2. The summed E-state index contributed by atoms with van der Waals surface area (Å²) < 4.78 is 26.9. The van der Waals surface area contributed by atoms with Crippen LogP contribution in [0.25, 0.3) is 0 Å². The van der Waals surface area contributed by atoms with E-state index >= 15 is 4.39 Å². The Morgan fingerprint density at radius 2 is 1.78 bits per heavy atom. The lowest BCUT2D eigenvalue weighted by molar-refractivity contribution is -0.144. The number of nitrogens with zero attached hydrogens (tertiary/aromatic N) is 2. The monoisotopic (exact) mass is 548 g/mol. The highest BCUT2D eigenvalue weighted by molar-refractivity contribution is 6.32. The third kappa shape index (κ3) is 6.82. The summed E-state index contributed by atoms with van der Waals surface area (Å²) >= 11 is 12.2. The van der Waals surface area contributed by atoms with Gasteiger partial charge in [-0.1, -0.05) is 29.3 Å². The minimum absolute atomic E-state index is 0.00147. The van der Waals surface area contributed by atoms with Crippen LogP contribution in [-0.4, -0.2) is 29.1 Å². The minimum Gasteiger partial charge on any atom is -0.489 e. The number of amides is 1. The van der Waals surface area contributed by atoms with Gasteiger partial charge in [-0.05, 0) is 82.9 Å². The average molecular weight is 549 g/mol. The van der Waals surface area contributed by atoms with Gasteiger partial charge < -0.3 is 14.4 Å². The molecule has 198 valence electrons. The van der Waals surface area contributed by atoms with E-state index in [1.165, 1.54) is 17.2 Å². The number of halogens is 3. The van der Waals surface area contributed by atoms with Crippen molar-refractivity contribution in [1.29, 1.82) is 0 Å². The van der Waals surface area contributed by atoms with E-state index in [1.807, 2.05) is 13.8 Å². The van der Waals surface area contributed by atoms with Crippen molar-refractivity contribution >= 4 is 40.8 Å². The first-order valence-electron chi connectivity index (χ1n) is 12.7. The van der Waals surface area contributed by atoms with Crippen molar-refractivity contribution in [2.24, 2.45) is 0 Å². The number of hydrogen-bond acceptors (Lipinski definition) is 5. The van der Waals surface area contributed by atoms with Crippen LogP contribution >= 0.6 is 23.2 Å².